The minimum atomic E-state index is -1.42. The van der Waals surface area contributed by atoms with Gasteiger partial charge in [0.1, 0.15) is 23.7 Å². The summed E-state index contributed by atoms with van der Waals surface area (Å²) in [6.45, 7) is -0.767. The number of rotatable bonds is 8. The lowest BCUT2D eigenvalue weighted by Gasteiger charge is -2.37. The van der Waals surface area contributed by atoms with Crippen molar-refractivity contribution in [1.82, 2.24) is 10.2 Å². The third kappa shape index (κ3) is 4.79. The third-order valence-corrected chi connectivity index (χ3v) is 5.97. The summed E-state index contributed by atoms with van der Waals surface area (Å²) in [5.74, 6) is 1.87. The predicted octanol–water partition coefficient (Wildman–Crippen LogP) is 1.66. The molecule has 166 valence electrons. The fourth-order valence-corrected chi connectivity index (χ4v) is 4.17. The number of nitrogens with one attached hydrogen (secondary N) is 1. The first-order valence-corrected chi connectivity index (χ1v) is 10.7. The zero-order chi connectivity index (χ0) is 21.8. The maximum absolute atomic E-state index is 10.2. The molecule has 0 radical (unpaired) electrons. The van der Waals surface area contributed by atoms with Crippen LogP contribution in [0.4, 0.5) is 0 Å². The van der Waals surface area contributed by atoms with E-state index in [9.17, 15) is 15.3 Å². The van der Waals surface area contributed by atoms with Crippen LogP contribution in [0.3, 0.4) is 0 Å². The van der Waals surface area contributed by atoms with Gasteiger partial charge in [0.25, 0.3) is 6.29 Å². The van der Waals surface area contributed by atoms with E-state index in [0.29, 0.717) is 17.0 Å². The van der Waals surface area contributed by atoms with Crippen LogP contribution in [0.2, 0.25) is 0 Å². The van der Waals surface area contributed by atoms with Crippen LogP contribution in [0.25, 0.3) is 10.9 Å². The number of fused-ring (bicyclic) bond motifs is 1. The van der Waals surface area contributed by atoms with Crippen LogP contribution in [0, 0.1) is 0 Å². The van der Waals surface area contributed by atoms with Gasteiger partial charge in [0.2, 0.25) is 6.29 Å². The molecule has 2 aromatic carbocycles. The maximum atomic E-state index is 10.2. The monoisotopic (exact) mass is 448 g/mol. The second kappa shape index (κ2) is 9.86. The van der Waals surface area contributed by atoms with Gasteiger partial charge in [-0.2, -0.15) is 5.10 Å². The van der Waals surface area contributed by atoms with Crippen molar-refractivity contribution >= 4 is 22.7 Å². The van der Waals surface area contributed by atoms with Gasteiger partial charge in [-0.25, -0.2) is 0 Å². The van der Waals surface area contributed by atoms with Crippen LogP contribution in [0.15, 0.2) is 47.4 Å². The number of aromatic amines is 1. The van der Waals surface area contributed by atoms with E-state index in [1.54, 1.807) is 31.0 Å². The molecule has 4 atom stereocenters. The molecule has 1 fully saturated rings. The normalized spacial score (nSPS) is 23.7. The zero-order valence-corrected chi connectivity index (χ0v) is 17.6. The van der Waals surface area contributed by atoms with Crippen LogP contribution in [0.5, 0.6) is 11.5 Å². The Morgan fingerprint density at radius 3 is 2.52 bits per heavy atom. The highest BCUT2D eigenvalue weighted by Gasteiger charge is 2.39. The third-order valence-electron chi connectivity index (χ3n) is 4.93. The lowest BCUT2D eigenvalue weighted by atomic mass is 10.2. The van der Waals surface area contributed by atoms with Gasteiger partial charge in [-0.15, -0.1) is 11.8 Å². The molecule has 1 aliphatic heterocycles. The maximum Gasteiger partial charge on any atom is 0.251 e. The van der Waals surface area contributed by atoms with E-state index in [1.807, 2.05) is 30.3 Å². The lowest BCUT2D eigenvalue weighted by molar-refractivity contribution is -0.337. The Morgan fingerprint density at radius 1 is 1.06 bits per heavy atom. The van der Waals surface area contributed by atoms with Crippen molar-refractivity contribution in [3.05, 3.63) is 48.2 Å². The number of aliphatic hydroxyl groups is 3. The summed E-state index contributed by atoms with van der Waals surface area (Å²) in [4.78, 5) is 1.07. The van der Waals surface area contributed by atoms with Gasteiger partial charge in [0.15, 0.2) is 0 Å². The molecule has 1 saturated heterocycles. The van der Waals surface area contributed by atoms with Gasteiger partial charge in [0, 0.05) is 10.6 Å². The van der Waals surface area contributed by atoms with Crippen molar-refractivity contribution in [2.75, 3.05) is 20.3 Å². The summed E-state index contributed by atoms with van der Waals surface area (Å²) >= 11 is 1.63. The van der Waals surface area contributed by atoms with Crippen molar-refractivity contribution in [2.45, 2.75) is 35.4 Å². The Balaban J connectivity index is 1.52. The average Bonchev–Trinajstić information content (AvgIpc) is 3.23. The molecule has 9 nitrogen and oxygen atoms in total. The highest BCUT2D eigenvalue weighted by Crippen LogP contribution is 2.34. The fourth-order valence-electron chi connectivity index (χ4n) is 3.32. The van der Waals surface area contributed by atoms with Crippen LogP contribution >= 0.6 is 11.8 Å². The van der Waals surface area contributed by atoms with E-state index >= 15 is 0 Å². The molecule has 0 saturated carbocycles. The number of benzene rings is 2. The minimum Gasteiger partial charge on any atom is -0.497 e. The van der Waals surface area contributed by atoms with Crippen LogP contribution in [0.1, 0.15) is 5.69 Å². The Hall–Kier alpha value is -2.34. The van der Waals surface area contributed by atoms with Crippen molar-refractivity contribution < 1.29 is 34.3 Å². The Labute approximate surface area is 182 Å². The fraction of sp³-hybridized carbons (Fsp3) is 0.381. The number of hydrogen-bond donors (Lipinski definition) is 4. The number of hydrogen-bond acceptors (Lipinski definition) is 9. The molecule has 0 spiro atoms. The first kappa shape index (κ1) is 21.9. The first-order valence-electron chi connectivity index (χ1n) is 9.73. The van der Waals surface area contributed by atoms with E-state index < -0.39 is 24.8 Å². The second-order valence-electron chi connectivity index (χ2n) is 6.91. The standard InChI is InChI=1S/C21H24N2O7S/c1-27-12-5-7-13(8-6-12)31-11-15-19-14(22-23-15)3-2-4-16(19)29-21-20(26)28-17(9-24)18(10-25)30-21/h2-8,17-18,20-21,24-26H,9-11H2,1H3,(H,22,23). The number of thioether (sulfide) groups is 1. The zero-order valence-electron chi connectivity index (χ0n) is 16.8. The molecule has 2 heterocycles. The Kier molecular flexibility index (Phi) is 6.96. The van der Waals surface area contributed by atoms with Gasteiger partial charge >= 0.3 is 0 Å². The smallest absolute Gasteiger partial charge is 0.251 e. The van der Waals surface area contributed by atoms with Gasteiger partial charge in [0.05, 0.1) is 36.9 Å². The van der Waals surface area contributed by atoms with Gasteiger partial charge in [-0.1, -0.05) is 6.07 Å². The van der Waals surface area contributed by atoms with E-state index in [4.69, 9.17) is 18.9 Å². The number of aromatic nitrogens is 2. The summed E-state index contributed by atoms with van der Waals surface area (Å²) in [5, 5.41) is 37.2. The number of nitrogens with zero attached hydrogens (tertiary/aromatic N) is 1. The number of H-pyrrole nitrogens is 1. The summed E-state index contributed by atoms with van der Waals surface area (Å²) in [7, 11) is 1.63. The molecule has 1 aromatic heterocycles. The van der Waals surface area contributed by atoms with Gasteiger partial charge in [-0.3, -0.25) is 5.10 Å². The molecular formula is C21H24N2O7S. The molecule has 4 rings (SSSR count). The average molecular weight is 448 g/mol. The number of aliphatic hydroxyl groups excluding tert-OH is 3. The van der Waals surface area contributed by atoms with E-state index in [-0.39, 0.29) is 13.2 Å². The largest absolute Gasteiger partial charge is 0.497 e. The van der Waals surface area contributed by atoms with E-state index in [2.05, 4.69) is 10.2 Å². The summed E-state index contributed by atoms with van der Waals surface area (Å²) in [5.41, 5.74) is 1.56. The molecule has 0 bridgehead atoms. The van der Waals surface area contributed by atoms with Crippen LogP contribution < -0.4 is 9.47 Å². The molecule has 31 heavy (non-hydrogen) atoms. The highest BCUT2D eigenvalue weighted by molar-refractivity contribution is 7.98. The van der Waals surface area contributed by atoms with E-state index in [1.165, 1.54) is 0 Å². The topological polar surface area (TPSA) is 126 Å². The molecule has 3 aromatic rings. The van der Waals surface area contributed by atoms with Crippen molar-refractivity contribution in [3.63, 3.8) is 0 Å². The molecule has 0 amide bonds. The molecule has 10 heteroatoms. The van der Waals surface area contributed by atoms with Crippen molar-refractivity contribution in [3.8, 4) is 11.5 Å². The number of ether oxygens (including phenoxy) is 4. The Morgan fingerprint density at radius 2 is 1.81 bits per heavy atom. The molecular weight excluding hydrogens is 424 g/mol. The molecule has 4 unspecified atom stereocenters. The molecule has 0 aliphatic carbocycles. The lowest BCUT2D eigenvalue weighted by Crippen LogP contribution is -2.54. The van der Waals surface area contributed by atoms with Crippen molar-refractivity contribution in [2.24, 2.45) is 0 Å². The molecule has 4 N–H and O–H groups in total. The summed E-state index contributed by atoms with van der Waals surface area (Å²) in [6.07, 6.45) is -4.23. The van der Waals surface area contributed by atoms with Gasteiger partial charge in [-0.05, 0) is 36.4 Å². The number of methoxy groups -OCH3 is 1. The minimum absolute atomic E-state index is 0.378. The van der Waals surface area contributed by atoms with E-state index in [0.717, 1.165) is 21.7 Å². The molecule has 1 aliphatic rings. The predicted molar refractivity (Wildman–Crippen MR) is 113 cm³/mol. The second-order valence-corrected chi connectivity index (χ2v) is 7.96. The summed E-state index contributed by atoms with van der Waals surface area (Å²) in [6, 6.07) is 13.2. The SMILES string of the molecule is COc1ccc(SCc2[nH]nc3cccc(OC4OC(CO)C(CO)OC4O)c23)cc1. The Bertz CT molecular complexity index is 997. The summed E-state index contributed by atoms with van der Waals surface area (Å²) < 4.78 is 22.0. The van der Waals surface area contributed by atoms with Gasteiger partial charge < -0.3 is 34.3 Å². The first-order chi connectivity index (χ1) is 15.1. The van der Waals surface area contributed by atoms with Crippen molar-refractivity contribution in [1.29, 1.82) is 0 Å². The quantitative estimate of drug-likeness (QED) is 0.381. The van der Waals surface area contributed by atoms with Crippen LogP contribution in [-0.2, 0) is 15.2 Å². The highest BCUT2D eigenvalue weighted by atomic mass is 32.2. The van der Waals surface area contributed by atoms with Crippen LogP contribution in [-0.4, -0.2) is 70.6 Å².